The summed E-state index contributed by atoms with van der Waals surface area (Å²) < 4.78 is 6.39. The van der Waals surface area contributed by atoms with Gasteiger partial charge in [0.25, 0.3) is 0 Å². The van der Waals surface area contributed by atoms with Crippen molar-refractivity contribution in [1.82, 2.24) is 5.32 Å². The van der Waals surface area contributed by atoms with Crippen LogP contribution in [0.5, 0.6) is 5.75 Å². The summed E-state index contributed by atoms with van der Waals surface area (Å²) in [5.74, 6) is 0.357. The molecule has 128 valence electrons. The second-order valence-corrected chi connectivity index (χ2v) is 6.49. The third-order valence-corrected chi connectivity index (χ3v) is 4.21. The Morgan fingerprint density at radius 1 is 1.25 bits per heavy atom. The molecule has 1 atom stereocenters. The highest BCUT2D eigenvalue weighted by molar-refractivity contribution is 9.10. The summed E-state index contributed by atoms with van der Waals surface area (Å²) in [5.41, 5.74) is 6.64. The number of hydrogen-bond acceptors (Lipinski definition) is 4. The number of benzene rings is 2. The molecule has 24 heavy (non-hydrogen) atoms. The molecule has 0 radical (unpaired) electrons. The van der Waals surface area contributed by atoms with Crippen molar-refractivity contribution in [3.63, 3.8) is 0 Å². The molecule has 1 unspecified atom stereocenters. The topological polar surface area (TPSA) is 84.6 Å². The lowest BCUT2D eigenvalue weighted by molar-refractivity contribution is -0.126. The number of nitrogens with one attached hydrogen (secondary N) is 1. The lowest BCUT2D eigenvalue weighted by Gasteiger charge is -2.24. The third kappa shape index (κ3) is 4.56. The van der Waals surface area contributed by atoms with Crippen molar-refractivity contribution in [2.24, 2.45) is 5.73 Å². The molecule has 0 fully saturated rings. The van der Waals surface area contributed by atoms with E-state index in [0.29, 0.717) is 12.3 Å². The Balaban J connectivity index is 2.06. The van der Waals surface area contributed by atoms with Crippen LogP contribution in [0.2, 0.25) is 0 Å². The minimum Gasteiger partial charge on any atom is -0.491 e. The van der Waals surface area contributed by atoms with Crippen LogP contribution in [0, 0.1) is 0 Å². The van der Waals surface area contributed by atoms with Gasteiger partial charge >= 0.3 is 0 Å². The van der Waals surface area contributed by atoms with Crippen molar-refractivity contribution >= 4 is 21.8 Å². The van der Waals surface area contributed by atoms with Crippen LogP contribution in [-0.2, 0) is 16.9 Å². The molecule has 0 saturated carbocycles. The van der Waals surface area contributed by atoms with Gasteiger partial charge in [-0.2, -0.15) is 0 Å². The van der Waals surface area contributed by atoms with E-state index in [-0.39, 0.29) is 19.1 Å². The molecule has 0 spiro atoms. The zero-order valence-corrected chi connectivity index (χ0v) is 15.0. The van der Waals surface area contributed by atoms with Crippen molar-refractivity contribution in [1.29, 1.82) is 0 Å². The molecule has 0 aliphatic carbocycles. The summed E-state index contributed by atoms with van der Waals surface area (Å²) in [6.45, 7) is 2.12. The largest absolute Gasteiger partial charge is 0.491 e. The van der Waals surface area contributed by atoms with Crippen molar-refractivity contribution in [2.75, 3.05) is 13.2 Å². The monoisotopic (exact) mass is 392 g/mol. The lowest BCUT2D eigenvalue weighted by Crippen LogP contribution is -2.48. The van der Waals surface area contributed by atoms with Gasteiger partial charge in [0, 0.05) is 16.6 Å². The van der Waals surface area contributed by atoms with Crippen molar-refractivity contribution in [3.8, 4) is 5.75 Å². The van der Waals surface area contributed by atoms with Crippen molar-refractivity contribution in [3.05, 3.63) is 64.1 Å². The summed E-state index contributed by atoms with van der Waals surface area (Å²) >= 11 is 3.37. The molecule has 1 amide bonds. The average Bonchev–Trinajstić information content (AvgIpc) is 2.58. The normalized spacial score (nSPS) is 13.2. The van der Waals surface area contributed by atoms with Gasteiger partial charge in [0.15, 0.2) is 0 Å². The number of carbonyl (C=O) groups excluding carboxylic acids is 1. The fourth-order valence-electron chi connectivity index (χ4n) is 2.23. The number of carbonyl (C=O) groups is 1. The molecule has 2 aromatic carbocycles. The number of nitrogens with two attached hydrogens (primary N) is 1. The first-order valence-electron chi connectivity index (χ1n) is 7.60. The summed E-state index contributed by atoms with van der Waals surface area (Å²) in [7, 11) is 0. The quantitative estimate of drug-likeness (QED) is 0.674. The lowest BCUT2D eigenvalue weighted by atomic mass is 9.92. The number of para-hydroxylation sites is 1. The summed E-state index contributed by atoms with van der Waals surface area (Å²) in [6, 6.07) is 14.7. The first-order valence-corrected chi connectivity index (χ1v) is 8.39. The van der Waals surface area contributed by atoms with Crippen LogP contribution < -0.4 is 15.8 Å². The molecular formula is C18H21BrN2O3. The van der Waals surface area contributed by atoms with E-state index in [4.69, 9.17) is 15.6 Å². The number of halogens is 1. The Morgan fingerprint density at radius 2 is 1.92 bits per heavy atom. The standard InChI is InChI=1S/C18H21BrN2O3/c1-18(20,14-6-8-15(19)9-7-14)17(23)21-12-13-4-2-3-5-16(13)24-11-10-22/h2-9,22H,10-12,20H2,1H3,(H,21,23). The predicted molar refractivity (Wildman–Crippen MR) is 96.6 cm³/mol. The van der Waals surface area contributed by atoms with Crippen molar-refractivity contribution in [2.45, 2.75) is 19.0 Å². The highest BCUT2D eigenvalue weighted by atomic mass is 79.9. The second kappa shape index (κ2) is 8.28. The van der Waals surface area contributed by atoms with Crippen LogP contribution in [0.25, 0.3) is 0 Å². The number of rotatable bonds is 7. The predicted octanol–water partition coefficient (Wildman–Crippen LogP) is 2.31. The van der Waals surface area contributed by atoms with E-state index in [2.05, 4.69) is 21.2 Å². The van der Waals surface area contributed by atoms with Crippen LogP contribution in [0.15, 0.2) is 53.0 Å². The maximum Gasteiger partial charge on any atom is 0.244 e. The van der Waals surface area contributed by atoms with E-state index in [9.17, 15) is 4.79 Å². The molecule has 0 aromatic heterocycles. The molecule has 4 N–H and O–H groups in total. The Hall–Kier alpha value is -1.89. The molecule has 6 heteroatoms. The van der Waals surface area contributed by atoms with Crippen LogP contribution in [0.4, 0.5) is 0 Å². The SMILES string of the molecule is CC(N)(C(=O)NCc1ccccc1OCCO)c1ccc(Br)cc1. The van der Waals surface area contributed by atoms with Gasteiger partial charge in [0.2, 0.25) is 5.91 Å². The Kier molecular flexibility index (Phi) is 6.36. The molecule has 0 saturated heterocycles. The zero-order valence-electron chi connectivity index (χ0n) is 13.5. The van der Waals surface area contributed by atoms with Gasteiger partial charge in [-0.3, -0.25) is 4.79 Å². The number of aliphatic hydroxyl groups excluding tert-OH is 1. The molecule has 2 aromatic rings. The zero-order chi connectivity index (χ0) is 17.6. The number of hydrogen-bond donors (Lipinski definition) is 3. The Labute approximate surface area is 150 Å². The van der Waals surface area contributed by atoms with Crippen LogP contribution in [-0.4, -0.2) is 24.2 Å². The number of amides is 1. The maximum atomic E-state index is 12.5. The average molecular weight is 393 g/mol. The van der Waals surface area contributed by atoms with Gasteiger partial charge in [-0.1, -0.05) is 46.3 Å². The summed E-state index contributed by atoms with van der Waals surface area (Å²) in [5, 5.41) is 11.7. The van der Waals surface area contributed by atoms with E-state index in [1.165, 1.54) is 0 Å². The first kappa shape index (κ1) is 18.4. The van der Waals surface area contributed by atoms with E-state index in [1.807, 2.05) is 42.5 Å². The highest BCUT2D eigenvalue weighted by Gasteiger charge is 2.30. The van der Waals surface area contributed by atoms with Gasteiger partial charge in [0.05, 0.1) is 6.61 Å². The van der Waals surface area contributed by atoms with Gasteiger partial charge < -0.3 is 20.9 Å². The van der Waals surface area contributed by atoms with Crippen LogP contribution in [0.3, 0.4) is 0 Å². The molecule has 0 aliphatic rings. The number of aliphatic hydroxyl groups is 1. The van der Waals surface area contributed by atoms with Crippen molar-refractivity contribution < 1.29 is 14.6 Å². The van der Waals surface area contributed by atoms with Gasteiger partial charge in [-0.25, -0.2) is 0 Å². The maximum absolute atomic E-state index is 12.5. The highest BCUT2D eigenvalue weighted by Crippen LogP contribution is 2.22. The van der Waals surface area contributed by atoms with Gasteiger partial charge in [-0.15, -0.1) is 0 Å². The minimum absolute atomic E-state index is 0.0644. The van der Waals surface area contributed by atoms with E-state index in [1.54, 1.807) is 13.0 Å². The van der Waals surface area contributed by atoms with Gasteiger partial charge in [0.1, 0.15) is 17.9 Å². The minimum atomic E-state index is -1.14. The van der Waals surface area contributed by atoms with Crippen LogP contribution >= 0.6 is 15.9 Å². The molecular weight excluding hydrogens is 372 g/mol. The molecule has 5 nitrogen and oxygen atoms in total. The van der Waals surface area contributed by atoms with Crippen LogP contribution in [0.1, 0.15) is 18.1 Å². The second-order valence-electron chi connectivity index (χ2n) is 5.57. The van der Waals surface area contributed by atoms with E-state index < -0.39 is 5.54 Å². The fourth-order valence-corrected chi connectivity index (χ4v) is 2.50. The molecule has 0 aliphatic heterocycles. The molecule has 2 rings (SSSR count). The first-order chi connectivity index (χ1) is 11.4. The third-order valence-electron chi connectivity index (χ3n) is 3.68. The smallest absolute Gasteiger partial charge is 0.244 e. The molecule has 0 heterocycles. The van der Waals surface area contributed by atoms with E-state index in [0.717, 1.165) is 15.6 Å². The fraction of sp³-hybridized carbons (Fsp3) is 0.278. The number of ether oxygens (including phenoxy) is 1. The summed E-state index contributed by atoms with van der Waals surface area (Å²) in [4.78, 5) is 12.5. The Morgan fingerprint density at radius 3 is 2.58 bits per heavy atom. The van der Waals surface area contributed by atoms with Gasteiger partial charge in [-0.05, 0) is 30.7 Å². The van der Waals surface area contributed by atoms with E-state index >= 15 is 0 Å². The molecule has 0 bridgehead atoms. The summed E-state index contributed by atoms with van der Waals surface area (Å²) in [6.07, 6.45) is 0. The Bertz CT molecular complexity index is 687.